The molecule has 1 aliphatic heterocycles. The number of aryl methyl sites for hydroxylation is 2. The Hall–Kier alpha value is -1.35. The molecule has 3 heteroatoms. The molecule has 2 rings (SSSR count). The lowest BCUT2D eigenvalue weighted by molar-refractivity contribution is 0.0912. The molecule has 1 aromatic rings. The molecule has 1 heterocycles. The van der Waals surface area contributed by atoms with Crippen molar-refractivity contribution in [2.75, 3.05) is 13.1 Å². The zero-order valence-electron chi connectivity index (χ0n) is 10.8. The molecule has 1 unspecified atom stereocenters. The van der Waals surface area contributed by atoms with E-state index in [4.69, 9.17) is 0 Å². The molecular formula is C14H20N2O. The number of hydrogen-bond donors (Lipinski definition) is 2. The Kier molecular flexibility index (Phi) is 3.20. The lowest BCUT2D eigenvalue weighted by Gasteiger charge is -2.25. The second-order valence-electron chi connectivity index (χ2n) is 5.21. The van der Waals surface area contributed by atoms with Crippen LogP contribution in [0, 0.1) is 13.8 Å². The van der Waals surface area contributed by atoms with Gasteiger partial charge in [0.15, 0.2) is 0 Å². The van der Waals surface area contributed by atoms with Crippen molar-refractivity contribution >= 4 is 5.91 Å². The average molecular weight is 232 g/mol. The van der Waals surface area contributed by atoms with Gasteiger partial charge in [0.25, 0.3) is 5.91 Å². The summed E-state index contributed by atoms with van der Waals surface area (Å²) in [6, 6.07) is 5.95. The molecule has 17 heavy (non-hydrogen) atoms. The van der Waals surface area contributed by atoms with Gasteiger partial charge in [0.05, 0.1) is 5.54 Å². The SMILES string of the molecule is Cc1cccc(C)c1C(=O)NC1(C)CCNC1. The molecule has 1 aromatic carbocycles. The van der Waals surface area contributed by atoms with Crippen LogP contribution in [0.5, 0.6) is 0 Å². The van der Waals surface area contributed by atoms with Gasteiger partial charge in [-0.2, -0.15) is 0 Å². The number of amides is 1. The molecular weight excluding hydrogens is 212 g/mol. The van der Waals surface area contributed by atoms with Crippen LogP contribution < -0.4 is 10.6 Å². The highest BCUT2D eigenvalue weighted by molar-refractivity contribution is 5.97. The van der Waals surface area contributed by atoms with Crippen molar-refractivity contribution in [1.29, 1.82) is 0 Å². The van der Waals surface area contributed by atoms with E-state index < -0.39 is 0 Å². The zero-order chi connectivity index (χ0) is 12.5. The molecule has 0 aromatic heterocycles. The summed E-state index contributed by atoms with van der Waals surface area (Å²) in [6.07, 6.45) is 0.990. The fourth-order valence-corrected chi connectivity index (χ4v) is 2.43. The molecule has 1 fully saturated rings. The summed E-state index contributed by atoms with van der Waals surface area (Å²) in [4.78, 5) is 12.3. The highest BCUT2D eigenvalue weighted by Gasteiger charge is 2.30. The first-order valence-corrected chi connectivity index (χ1v) is 6.11. The molecule has 1 aliphatic rings. The molecule has 0 saturated carbocycles. The molecule has 0 spiro atoms. The first-order chi connectivity index (χ1) is 8.02. The number of nitrogens with one attached hydrogen (secondary N) is 2. The molecule has 1 saturated heterocycles. The van der Waals surface area contributed by atoms with Crippen LogP contribution in [0.15, 0.2) is 18.2 Å². The quantitative estimate of drug-likeness (QED) is 0.816. The summed E-state index contributed by atoms with van der Waals surface area (Å²) in [5.41, 5.74) is 2.79. The van der Waals surface area contributed by atoms with E-state index in [1.54, 1.807) is 0 Å². The Balaban J connectivity index is 2.20. The standard InChI is InChI=1S/C14H20N2O/c1-10-5-4-6-11(2)12(10)13(17)16-14(3)7-8-15-9-14/h4-6,15H,7-9H2,1-3H3,(H,16,17). The topological polar surface area (TPSA) is 41.1 Å². The molecule has 3 nitrogen and oxygen atoms in total. The highest BCUT2D eigenvalue weighted by atomic mass is 16.1. The van der Waals surface area contributed by atoms with Gasteiger partial charge in [0, 0.05) is 12.1 Å². The van der Waals surface area contributed by atoms with Crippen LogP contribution in [0.4, 0.5) is 0 Å². The fourth-order valence-electron chi connectivity index (χ4n) is 2.43. The largest absolute Gasteiger partial charge is 0.346 e. The predicted octanol–water partition coefficient (Wildman–Crippen LogP) is 1.79. The highest BCUT2D eigenvalue weighted by Crippen LogP contribution is 2.17. The summed E-state index contributed by atoms with van der Waals surface area (Å²) in [6.45, 7) is 7.89. The van der Waals surface area contributed by atoms with Crippen molar-refractivity contribution in [2.45, 2.75) is 32.7 Å². The van der Waals surface area contributed by atoms with Crippen LogP contribution in [0.1, 0.15) is 34.8 Å². The molecule has 0 bridgehead atoms. The normalized spacial score (nSPS) is 23.7. The van der Waals surface area contributed by atoms with Gasteiger partial charge < -0.3 is 10.6 Å². The van der Waals surface area contributed by atoms with Gasteiger partial charge in [-0.15, -0.1) is 0 Å². The smallest absolute Gasteiger partial charge is 0.252 e. The average Bonchev–Trinajstić information content (AvgIpc) is 2.64. The van der Waals surface area contributed by atoms with E-state index in [1.807, 2.05) is 32.0 Å². The van der Waals surface area contributed by atoms with Gasteiger partial charge >= 0.3 is 0 Å². The van der Waals surface area contributed by atoms with E-state index >= 15 is 0 Å². The monoisotopic (exact) mass is 232 g/mol. The molecule has 0 radical (unpaired) electrons. The predicted molar refractivity (Wildman–Crippen MR) is 69.3 cm³/mol. The third kappa shape index (κ3) is 2.50. The van der Waals surface area contributed by atoms with E-state index in [0.29, 0.717) is 0 Å². The number of carbonyl (C=O) groups excluding carboxylic acids is 1. The molecule has 1 amide bonds. The second-order valence-corrected chi connectivity index (χ2v) is 5.21. The van der Waals surface area contributed by atoms with Crippen molar-refractivity contribution < 1.29 is 4.79 Å². The van der Waals surface area contributed by atoms with Crippen molar-refractivity contribution in [3.63, 3.8) is 0 Å². The lowest BCUT2D eigenvalue weighted by Crippen LogP contribution is -2.47. The summed E-state index contributed by atoms with van der Waals surface area (Å²) in [5.74, 6) is 0.0480. The van der Waals surface area contributed by atoms with E-state index in [2.05, 4.69) is 17.6 Å². The van der Waals surface area contributed by atoms with E-state index in [-0.39, 0.29) is 11.4 Å². The van der Waals surface area contributed by atoms with Crippen molar-refractivity contribution in [3.8, 4) is 0 Å². The number of hydrogen-bond acceptors (Lipinski definition) is 2. The third-order valence-corrected chi connectivity index (χ3v) is 3.49. The third-order valence-electron chi connectivity index (χ3n) is 3.49. The molecule has 92 valence electrons. The minimum Gasteiger partial charge on any atom is -0.346 e. The zero-order valence-corrected chi connectivity index (χ0v) is 10.8. The minimum atomic E-state index is -0.105. The van der Waals surface area contributed by atoms with Gasteiger partial charge in [-0.25, -0.2) is 0 Å². The Morgan fingerprint density at radius 2 is 2.00 bits per heavy atom. The van der Waals surface area contributed by atoms with Gasteiger partial charge in [-0.1, -0.05) is 18.2 Å². The van der Waals surface area contributed by atoms with Crippen LogP contribution in [0.2, 0.25) is 0 Å². The number of carbonyl (C=O) groups is 1. The van der Waals surface area contributed by atoms with Crippen molar-refractivity contribution in [1.82, 2.24) is 10.6 Å². The van der Waals surface area contributed by atoms with Crippen LogP contribution in [-0.2, 0) is 0 Å². The number of rotatable bonds is 2. The van der Waals surface area contributed by atoms with Gasteiger partial charge in [0.2, 0.25) is 0 Å². The molecule has 0 aliphatic carbocycles. The van der Waals surface area contributed by atoms with E-state index in [1.165, 1.54) is 0 Å². The van der Waals surface area contributed by atoms with E-state index in [0.717, 1.165) is 36.2 Å². The molecule has 1 atom stereocenters. The Labute approximate surface area is 103 Å². The maximum absolute atomic E-state index is 12.3. The number of benzene rings is 1. The van der Waals surface area contributed by atoms with Gasteiger partial charge in [-0.05, 0) is 44.9 Å². The maximum atomic E-state index is 12.3. The van der Waals surface area contributed by atoms with Crippen LogP contribution in [0.25, 0.3) is 0 Å². The fraction of sp³-hybridized carbons (Fsp3) is 0.500. The Morgan fingerprint density at radius 3 is 2.53 bits per heavy atom. The van der Waals surface area contributed by atoms with E-state index in [9.17, 15) is 4.79 Å². The van der Waals surface area contributed by atoms with Crippen LogP contribution in [-0.4, -0.2) is 24.5 Å². The maximum Gasteiger partial charge on any atom is 0.252 e. The lowest BCUT2D eigenvalue weighted by atomic mass is 9.98. The Morgan fingerprint density at radius 1 is 1.35 bits per heavy atom. The second kappa shape index (κ2) is 4.49. The minimum absolute atomic E-state index is 0.0480. The van der Waals surface area contributed by atoms with Gasteiger partial charge in [-0.3, -0.25) is 4.79 Å². The summed E-state index contributed by atoms with van der Waals surface area (Å²) in [5, 5.41) is 6.44. The molecule has 2 N–H and O–H groups in total. The van der Waals surface area contributed by atoms with Crippen LogP contribution in [0.3, 0.4) is 0 Å². The Bertz CT molecular complexity index is 414. The first kappa shape index (κ1) is 12.1. The van der Waals surface area contributed by atoms with Crippen molar-refractivity contribution in [3.05, 3.63) is 34.9 Å². The van der Waals surface area contributed by atoms with Crippen LogP contribution >= 0.6 is 0 Å². The summed E-state index contributed by atoms with van der Waals surface area (Å²) < 4.78 is 0. The van der Waals surface area contributed by atoms with Crippen molar-refractivity contribution in [2.24, 2.45) is 0 Å². The summed E-state index contributed by atoms with van der Waals surface area (Å²) >= 11 is 0. The van der Waals surface area contributed by atoms with Gasteiger partial charge in [0.1, 0.15) is 0 Å². The first-order valence-electron chi connectivity index (χ1n) is 6.11. The summed E-state index contributed by atoms with van der Waals surface area (Å²) in [7, 11) is 0.